The Morgan fingerprint density at radius 3 is 1.84 bits per heavy atom. The van der Waals surface area contributed by atoms with Crippen LogP contribution in [-0.4, -0.2) is 0 Å². The zero-order chi connectivity index (χ0) is 27.1. The van der Waals surface area contributed by atoms with Crippen LogP contribution in [0.1, 0.15) is 68.9 Å². The first-order valence-corrected chi connectivity index (χ1v) is 12.2. The van der Waals surface area contributed by atoms with E-state index in [-0.39, 0.29) is 29.5 Å². The molecule has 37 heavy (non-hydrogen) atoms. The van der Waals surface area contributed by atoms with Gasteiger partial charge in [0, 0.05) is 24.0 Å². The van der Waals surface area contributed by atoms with Crippen molar-refractivity contribution in [3.8, 4) is 5.75 Å². The average Bonchev–Trinajstić information content (AvgIpc) is 2.83. The minimum absolute atomic E-state index is 0.122. The summed E-state index contributed by atoms with van der Waals surface area (Å²) in [5, 5.41) is 0. The molecule has 0 aromatic heterocycles. The van der Waals surface area contributed by atoms with Crippen molar-refractivity contribution in [1.29, 1.82) is 0 Å². The summed E-state index contributed by atoms with van der Waals surface area (Å²) in [6.07, 6.45) is -1.26. The lowest BCUT2D eigenvalue weighted by Crippen LogP contribution is -2.27. The Hall–Kier alpha value is -2.65. The van der Waals surface area contributed by atoms with Crippen molar-refractivity contribution < 1.29 is 44.3 Å². The first-order valence-electron chi connectivity index (χ1n) is 12.2. The van der Waals surface area contributed by atoms with Gasteiger partial charge in [-0.2, -0.15) is 8.78 Å². The number of halogens is 9. The van der Waals surface area contributed by atoms with Gasteiger partial charge in [-0.1, -0.05) is 6.92 Å². The maximum absolute atomic E-state index is 14.7. The van der Waals surface area contributed by atoms with Crippen LogP contribution in [0.4, 0.5) is 39.5 Å². The summed E-state index contributed by atoms with van der Waals surface area (Å²) in [6, 6.07) is 1.76. The van der Waals surface area contributed by atoms with Gasteiger partial charge in [-0.25, -0.2) is 30.7 Å². The Bertz CT molecular complexity index is 1140. The number of benzene rings is 2. The standard InChI is InChI=1S/C27H25F9O/c1-2-13-7-8-18(25(33)24(13)32)15-5-3-14(4-6-15)16-9-19(28)23(20(29)10-16)27(35,36)37-17-11-21(30)26(34)22(31)12-17/h9-15,18H,2-8H2,1H3. The highest BCUT2D eigenvalue weighted by molar-refractivity contribution is 5.33. The normalized spacial score (nSPS) is 24.9. The molecule has 0 N–H and O–H groups in total. The van der Waals surface area contributed by atoms with E-state index in [0.29, 0.717) is 44.9 Å². The van der Waals surface area contributed by atoms with Crippen molar-refractivity contribution in [3.05, 3.63) is 76.1 Å². The summed E-state index contributed by atoms with van der Waals surface area (Å²) in [4.78, 5) is 0. The van der Waals surface area contributed by atoms with Crippen molar-refractivity contribution in [2.45, 2.75) is 63.9 Å². The minimum atomic E-state index is -4.66. The lowest BCUT2D eigenvalue weighted by atomic mass is 9.70. The Morgan fingerprint density at radius 1 is 0.730 bits per heavy atom. The second-order valence-corrected chi connectivity index (χ2v) is 9.78. The van der Waals surface area contributed by atoms with Gasteiger partial charge < -0.3 is 4.74 Å². The molecule has 4 rings (SSSR count). The maximum atomic E-state index is 14.7. The van der Waals surface area contributed by atoms with E-state index in [1.807, 2.05) is 0 Å². The molecule has 0 heterocycles. The Balaban J connectivity index is 1.48. The van der Waals surface area contributed by atoms with Crippen molar-refractivity contribution in [2.24, 2.45) is 17.8 Å². The third kappa shape index (κ3) is 5.48. The number of hydrogen-bond donors (Lipinski definition) is 0. The third-order valence-electron chi connectivity index (χ3n) is 7.60. The highest BCUT2D eigenvalue weighted by Crippen LogP contribution is 2.48. The van der Waals surface area contributed by atoms with Gasteiger partial charge in [-0.05, 0) is 74.5 Å². The van der Waals surface area contributed by atoms with Crippen LogP contribution in [0, 0.1) is 46.8 Å². The molecule has 1 nitrogen and oxygen atoms in total. The average molecular weight is 536 g/mol. The van der Waals surface area contributed by atoms with Crippen LogP contribution in [0.15, 0.2) is 35.9 Å². The molecule has 2 aliphatic carbocycles. The van der Waals surface area contributed by atoms with Crippen LogP contribution in [0.25, 0.3) is 0 Å². The number of hydrogen-bond acceptors (Lipinski definition) is 1. The van der Waals surface area contributed by atoms with Crippen LogP contribution >= 0.6 is 0 Å². The molecule has 2 aliphatic rings. The van der Waals surface area contributed by atoms with Crippen molar-refractivity contribution in [3.63, 3.8) is 0 Å². The minimum Gasteiger partial charge on any atom is -0.429 e. The summed E-state index contributed by atoms with van der Waals surface area (Å²) in [5.41, 5.74) is -1.63. The molecule has 2 aromatic rings. The monoisotopic (exact) mass is 536 g/mol. The number of ether oxygens (including phenoxy) is 1. The van der Waals surface area contributed by atoms with Gasteiger partial charge >= 0.3 is 6.11 Å². The first kappa shape index (κ1) is 27.4. The number of allylic oxidation sites excluding steroid dienone is 2. The van der Waals surface area contributed by atoms with E-state index in [0.717, 1.165) is 12.1 Å². The van der Waals surface area contributed by atoms with Crippen LogP contribution < -0.4 is 4.74 Å². The van der Waals surface area contributed by atoms with E-state index >= 15 is 0 Å². The zero-order valence-corrected chi connectivity index (χ0v) is 19.9. The molecule has 0 spiro atoms. The number of rotatable bonds is 6. The summed E-state index contributed by atoms with van der Waals surface area (Å²) in [7, 11) is 0. The molecule has 202 valence electrons. The molecule has 0 aliphatic heterocycles. The van der Waals surface area contributed by atoms with Crippen LogP contribution in [0.2, 0.25) is 0 Å². The fourth-order valence-corrected chi connectivity index (χ4v) is 5.58. The predicted octanol–water partition coefficient (Wildman–Crippen LogP) is 9.37. The molecule has 2 aromatic carbocycles. The van der Waals surface area contributed by atoms with Gasteiger partial charge in [0.05, 0.1) is 0 Å². The van der Waals surface area contributed by atoms with Gasteiger partial charge in [0.25, 0.3) is 0 Å². The Morgan fingerprint density at radius 2 is 1.30 bits per heavy atom. The summed E-state index contributed by atoms with van der Waals surface area (Å²) in [6.45, 7) is 1.80. The largest absolute Gasteiger partial charge is 0.432 e. The molecule has 1 fully saturated rings. The molecule has 1 saturated carbocycles. The summed E-state index contributed by atoms with van der Waals surface area (Å²) >= 11 is 0. The van der Waals surface area contributed by atoms with Gasteiger partial charge in [0.15, 0.2) is 17.5 Å². The second-order valence-electron chi connectivity index (χ2n) is 9.78. The van der Waals surface area contributed by atoms with E-state index in [2.05, 4.69) is 4.74 Å². The van der Waals surface area contributed by atoms with Crippen LogP contribution in [-0.2, 0) is 6.11 Å². The van der Waals surface area contributed by atoms with Crippen molar-refractivity contribution in [1.82, 2.24) is 0 Å². The van der Waals surface area contributed by atoms with Crippen molar-refractivity contribution >= 4 is 0 Å². The molecular weight excluding hydrogens is 511 g/mol. The van der Waals surface area contributed by atoms with Crippen LogP contribution in [0.5, 0.6) is 5.75 Å². The topological polar surface area (TPSA) is 9.23 Å². The molecular formula is C27H25F9O. The van der Waals surface area contributed by atoms with Gasteiger partial charge in [0.1, 0.15) is 34.6 Å². The molecule has 0 amide bonds. The van der Waals surface area contributed by atoms with Gasteiger partial charge in [-0.3, -0.25) is 0 Å². The van der Waals surface area contributed by atoms with E-state index in [9.17, 15) is 39.5 Å². The smallest absolute Gasteiger partial charge is 0.429 e. The van der Waals surface area contributed by atoms with Gasteiger partial charge in [-0.15, -0.1) is 0 Å². The maximum Gasteiger partial charge on any atom is 0.432 e. The predicted molar refractivity (Wildman–Crippen MR) is 118 cm³/mol. The van der Waals surface area contributed by atoms with E-state index < -0.39 is 70.0 Å². The highest BCUT2D eigenvalue weighted by atomic mass is 19.3. The Labute approximate surface area is 208 Å². The van der Waals surface area contributed by atoms with Gasteiger partial charge in [0.2, 0.25) is 0 Å². The highest BCUT2D eigenvalue weighted by Gasteiger charge is 2.42. The number of alkyl halides is 2. The molecule has 2 atom stereocenters. The summed E-state index contributed by atoms with van der Waals surface area (Å²) < 4.78 is 131. The quantitative estimate of drug-likeness (QED) is 0.264. The lowest BCUT2D eigenvalue weighted by molar-refractivity contribution is -0.189. The SMILES string of the molecule is CCC1CCC(C2CCC(c3cc(F)c(C(F)(F)Oc4cc(F)c(F)c(F)c4)c(F)c3)CC2)C(F)=C1F. The van der Waals surface area contributed by atoms with E-state index in [1.165, 1.54) is 0 Å². The fourth-order valence-electron chi connectivity index (χ4n) is 5.58. The third-order valence-corrected chi connectivity index (χ3v) is 7.60. The first-order chi connectivity index (χ1) is 17.4. The molecule has 0 saturated heterocycles. The molecule has 0 bridgehead atoms. The van der Waals surface area contributed by atoms with Crippen LogP contribution in [0.3, 0.4) is 0 Å². The molecule has 2 unspecified atom stereocenters. The second kappa shape index (κ2) is 10.6. The zero-order valence-electron chi connectivity index (χ0n) is 19.9. The molecule has 0 radical (unpaired) electrons. The molecule has 10 heteroatoms. The van der Waals surface area contributed by atoms with E-state index in [1.54, 1.807) is 6.92 Å². The lowest BCUT2D eigenvalue weighted by Gasteiger charge is -2.36. The Kier molecular flexibility index (Phi) is 7.85. The summed E-state index contributed by atoms with van der Waals surface area (Å²) in [5.74, 6) is -12.8. The van der Waals surface area contributed by atoms with Crippen molar-refractivity contribution in [2.75, 3.05) is 0 Å². The van der Waals surface area contributed by atoms with E-state index in [4.69, 9.17) is 0 Å². The fraction of sp³-hybridized carbons (Fsp3) is 0.481.